The standard InChI is InChI=1S/C18H18N4O5/c1-27-16-8-6-14(7-9-16)21-11-13(10-17(21)23)20-18(24)19-12-2-4-15(5-3-12)22(25)26/h2-9,13H,10-11H2,1H3,(H2,19,20,24). The maximum absolute atomic E-state index is 12.2. The monoisotopic (exact) mass is 370 g/mol. The number of carbonyl (C=O) groups excluding carboxylic acids is 2. The molecule has 1 atom stereocenters. The lowest BCUT2D eigenvalue weighted by atomic mass is 10.2. The molecule has 0 bridgehead atoms. The van der Waals surface area contributed by atoms with Gasteiger partial charge in [-0.05, 0) is 36.4 Å². The van der Waals surface area contributed by atoms with Gasteiger partial charge in [0.1, 0.15) is 5.75 Å². The molecule has 0 aliphatic carbocycles. The van der Waals surface area contributed by atoms with Gasteiger partial charge in [0, 0.05) is 36.5 Å². The van der Waals surface area contributed by atoms with Crippen LogP contribution in [0.5, 0.6) is 5.75 Å². The molecule has 1 heterocycles. The molecule has 1 unspecified atom stereocenters. The lowest BCUT2D eigenvalue weighted by molar-refractivity contribution is -0.384. The van der Waals surface area contributed by atoms with Gasteiger partial charge in [-0.15, -0.1) is 0 Å². The fraction of sp³-hybridized carbons (Fsp3) is 0.222. The van der Waals surface area contributed by atoms with Gasteiger partial charge in [0.2, 0.25) is 5.91 Å². The van der Waals surface area contributed by atoms with E-state index >= 15 is 0 Å². The predicted octanol–water partition coefficient (Wildman–Crippen LogP) is 2.53. The number of anilines is 2. The van der Waals surface area contributed by atoms with Crippen LogP contribution in [0.15, 0.2) is 48.5 Å². The van der Waals surface area contributed by atoms with E-state index in [4.69, 9.17) is 4.74 Å². The lowest BCUT2D eigenvalue weighted by Crippen LogP contribution is -2.39. The number of nitrogens with zero attached hydrogens (tertiary/aromatic N) is 2. The topological polar surface area (TPSA) is 114 Å². The number of nitrogens with one attached hydrogen (secondary N) is 2. The Morgan fingerprint density at radius 1 is 1.19 bits per heavy atom. The molecule has 0 spiro atoms. The van der Waals surface area contributed by atoms with Crippen molar-refractivity contribution in [3.8, 4) is 5.75 Å². The quantitative estimate of drug-likeness (QED) is 0.620. The van der Waals surface area contributed by atoms with Crippen LogP contribution in [0.4, 0.5) is 21.9 Å². The first-order valence-corrected chi connectivity index (χ1v) is 8.22. The third-order valence-electron chi connectivity index (χ3n) is 4.18. The number of benzene rings is 2. The second-order valence-corrected chi connectivity index (χ2v) is 6.01. The summed E-state index contributed by atoms with van der Waals surface area (Å²) >= 11 is 0. The zero-order chi connectivity index (χ0) is 19.4. The van der Waals surface area contributed by atoms with E-state index in [0.29, 0.717) is 18.0 Å². The van der Waals surface area contributed by atoms with Crippen molar-refractivity contribution in [2.75, 3.05) is 23.9 Å². The molecule has 1 aliphatic heterocycles. The van der Waals surface area contributed by atoms with Gasteiger partial charge in [0.15, 0.2) is 0 Å². The number of urea groups is 1. The normalized spacial score (nSPS) is 16.1. The number of ether oxygens (including phenoxy) is 1. The number of hydrogen-bond donors (Lipinski definition) is 2. The van der Waals surface area contributed by atoms with E-state index in [-0.39, 0.29) is 24.1 Å². The summed E-state index contributed by atoms with van der Waals surface area (Å²) in [5.74, 6) is 0.614. The first-order valence-electron chi connectivity index (χ1n) is 8.22. The predicted molar refractivity (Wildman–Crippen MR) is 99.0 cm³/mol. The second kappa shape index (κ2) is 7.73. The molecule has 0 aromatic heterocycles. The molecular weight excluding hydrogens is 352 g/mol. The van der Waals surface area contributed by atoms with Crippen LogP contribution in [-0.2, 0) is 4.79 Å². The molecule has 2 N–H and O–H groups in total. The zero-order valence-electron chi connectivity index (χ0n) is 14.5. The summed E-state index contributed by atoms with van der Waals surface area (Å²) in [6, 6.07) is 11.8. The van der Waals surface area contributed by atoms with Crippen LogP contribution in [0.2, 0.25) is 0 Å². The Labute approximate surface area is 155 Å². The fourth-order valence-corrected chi connectivity index (χ4v) is 2.84. The van der Waals surface area contributed by atoms with Crippen molar-refractivity contribution in [3.63, 3.8) is 0 Å². The van der Waals surface area contributed by atoms with Crippen molar-refractivity contribution >= 4 is 29.0 Å². The van der Waals surface area contributed by atoms with Gasteiger partial charge in [-0.3, -0.25) is 14.9 Å². The Balaban J connectivity index is 1.57. The molecule has 3 rings (SSSR count). The average molecular weight is 370 g/mol. The van der Waals surface area contributed by atoms with E-state index in [2.05, 4.69) is 10.6 Å². The molecule has 27 heavy (non-hydrogen) atoms. The molecule has 9 heteroatoms. The van der Waals surface area contributed by atoms with E-state index in [1.54, 1.807) is 36.3 Å². The Morgan fingerprint density at radius 3 is 2.44 bits per heavy atom. The number of methoxy groups -OCH3 is 1. The van der Waals surface area contributed by atoms with Crippen molar-refractivity contribution in [1.29, 1.82) is 0 Å². The zero-order valence-corrected chi connectivity index (χ0v) is 14.5. The highest BCUT2D eigenvalue weighted by atomic mass is 16.6. The van der Waals surface area contributed by atoms with Crippen molar-refractivity contribution in [2.24, 2.45) is 0 Å². The van der Waals surface area contributed by atoms with Crippen LogP contribution in [0.1, 0.15) is 6.42 Å². The molecule has 1 saturated heterocycles. The summed E-state index contributed by atoms with van der Waals surface area (Å²) in [5.41, 5.74) is 1.10. The minimum absolute atomic E-state index is 0.0579. The molecule has 2 aromatic rings. The van der Waals surface area contributed by atoms with Crippen LogP contribution in [0.25, 0.3) is 0 Å². The van der Waals surface area contributed by atoms with Gasteiger partial charge in [-0.1, -0.05) is 0 Å². The van der Waals surface area contributed by atoms with Crippen LogP contribution in [0.3, 0.4) is 0 Å². The number of amides is 3. The molecule has 1 aliphatic rings. The minimum atomic E-state index is -0.512. The van der Waals surface area contributed by atoms with Crippen LogP contribution < -0.4 is 20.3 Å². The number of rotatable bonds is 5. The van der Waals surface area contributed by atoms with Gasteiger partial charge in [-0.2, -0.15) is 0 Å². The van der Waals surface area contributed by atoms with Gasteiger partial charge >= 0.3 is 6.03 Å². The molecule has 0 saturated carbocycles. The Bertz CT molecular complexity index is 851. The molecule has 140 valence electrons. The average Bonchev–Trinajstić information content (AvgIpc) is 3.02. The summed E-state index contributed by atoms with van der Waals surface area (Å²) < 4.78 is 5.10. The van der Waals surface area contributed by atoms with E-state index < -0.39 is 11.0 Å². The van der Waals surface area contributed by atoms with E-state index in [1.807, 2.05) is 0 Å². The summed E-state index contributed by atoms with van der Waals surface area (Å²) in [7, 11) is 1.57. The molecule has 0 radical (unpaired) electrons. The van der Waals surface area contributed by atoms with Gasteiger partial charge < -0.3 is 20.3 Å². The second-order valence-electron chi connectivity index (χ2n) is 6.01. The van der Waals surface area contributed by atoms with Crippen molar-refractivity contribution in [3.05, 3.63) is 58.6 Å². The van der Waals surface area contributed by atoms with E-state index in [0.717, 1.165) is 5.69 Å². The van der Waals surface area contributed by atoms with Gasteiger partial charge in [0.05, 0.1) is 18.1 Å². The van der Waals surface area contributed by atoms with Crippen LogP contribution in [-0.4, -0.2) is 36.6 Å². The largest absolute Gasteiger partial charge is 0.497 e. The summed E-state index contributed by atoms with van der Waals surface area (Å²) in [5, 5.41) is 16.0. The van der Waals surface area contributed by atoms with Crippen LogP contribution in [0, 0.1) is 10.1 Å². The molecule has 3 amide bonds. The number of nitro benzene ring substituents is 1. The highest BCUT2D eigenvalue weighted by Crippen LogP contribution is 2.24. The number of non-ortho nitro benzene ring substituents is 1. The van der Waals surface area contributed by atoms with Crippen molar-refractivity contribution < 1.29 is 19.2 Å². The van der Waals surface area contributed by atoms with E-state index in [1.165, 1.54) is 24.3 Å². The molecule has 9 nitrogen and oxygen atoms in total. The summed E-state index contributed by atoms with van der Waals surface area (Å²) in [6.45, 7) is 0.360. The van der Waals surface area contributed by atoms with Gasteiger partial charge in [-0.25, -0.2) is 4.79 Å². The summed E-state index contributed by atoms with van der Waals surface area (Å²) in [6.07, 6.45) is 0.194. The third-order valence-corrected chi connectivity index (χ3v) is 4.18. The molecule has 1 fully saturated rings. The first-order chi connectivity index (χ1) is 13.0. The molecule has 2 aromatic carbocycles. The smallest absolute Gasteiger partial charge is 0.319 e. The summed E-state index contributed by atoms with van der Waals surface area (Å²) in [4.78, 5) is 36.1. The number of nitro groups is 1. The van der Waals surface area contributed by atoms with Crippen molar-refractivity contribution in [2.45, 2.75) is 12.5 Å². The number of carbonyl (C=O) groups is 2. The SMILES string of the molecule is COc1ccc(N2CC(NC(=O)Nc3ccc([N+](=O)[O-])cc3)CC2=O)cc1. The van der Waals surface area contributed by atoms with Gasteiger partial charge in [0.25, 0.3) is 5.69 Å². The highest BCUT2D eigenvalue weighted by molar-refractivity contribution is 5.97. The molecular formula is C18H18N4O5. The Hall–Kier alpha value is -3.62. The van der Waals surface area contributed by atoms with Crippen LogP contribution >= 0.6 is 0 Å². The Kier molecular flexibility index (Phi) is 5.20. The lowest BCUT2D eigenvalue weighted by Gasteiger charge is -2.17. The van der Waals surface area contributed by atoms with E-state index in [9.17, 15) is 19.7 Å². The first kappa shape index (κ1) is 18.2. The number of hydrogen-bond acceptors (Lipinski definition) is 5. The maximum Gasteiger partial charge on any atom is 0.319 e. The Morgan fingerprint density at radius 2 is 1.85 bits per heavy atom. The minimum Gasteiger partial charge on any atom is -0.497 e. The highest BCUT2D eigenvalue weighted by Gasteiger charge is 2.31. The third kappa shape index (κ3) is 4.32. The van der Waals surface area contributed by atoms with Crippen molar-refractivity contribution in [1.82, 2.24) is 5.32 Å². The maximum atomic E-state index is 12.2. The fourth-order valence-electron chi connectivity index (χ4n) is 2.84.